The summed E-state index contributed by atoms with van der Waals surface area (Å²) in [5, 5.41) is 14.8. The van der Waals surface area contributed by atoms with Crippen LogP contribution in [-0.4, -0.2) is 16.0 Å². The van der Waals surface area contributed by atoms with Gasteiger partial charge in [0.2, 0.25) is 0 Å². The van der Waals surface area contributed by atoms with Crippen molar-refractivity contribution in [2.24, 2.45) is 0 Å². The van der Waals surface area contributed by atoms with Crippen molar-refractivity contribution < 1.29 is 4.92 Å². The fourth-order valence-electron chi connectivity index (χ4n) is 2.23. The summed E-state index contributed by atoms with van der Waals surface area (Å²) in [7, 11) is 0. The van der Waals surface area contributed by atoms with E-state index in [1.807, 2.05) is 0 Å². The molecule has 1 N–H and O–H groups in total. The third kappa shape index (κ3) is 2.16. The van der Waals surface area contributed by atoms with Crippen LogP contribution < -0.4 is 10.9 Å². The molecular weight excluding hydrogens is 258 g/mol. The quantitative estimate of drug-likeness (QED) is 0.516. The third-order valence-electron chi connectivity index (χ3n) is 3.07. The van der Waals surface area contributed by atoms with Crippen molar-refractivity contribution in [3.63, 3.8) is 0 Å². The number of aromatic nitrogens is 1. The number of nitrogens with zero attached hydrogens (tertiary/aromatic N) is 2. The van der Waals surface area contributed by atoms with Gasteiger partial charge in [-0.15, -0.1) is 6.58 Å². The van der Waals surface area contributed by atoms with E-state index < -0.39 is 16.2 Å². The Kier molecular flexibility index (Phi) is 3.84. The van der Waals surface area contributed by atoms with E-state index in [9.17, 15) is 14.9 Å². The highest BCUT2D eigenvalue weighted by atomic mass is 16.6. The van der Waals surface area contributed by atoms with Crippen molar-refractivity contribution in [3.8, 4) is 0 Å². The summed E-state index contributed by atoms with van der Waals surface area (Å²) < 4.78 is 1.41. The van der Waals surface area contributed by atoms with Crippen LogP contribution in [0.15, 0.2) is 41.7 Å². The van der Waals surface area contributed by atoms with E-state index in [1.54, 1.807) is 37.3 Å². The minimum atomic E-state index is -0.633. The lowest BCUT2D eigenvalue weighted by Crippen LogP contribution is -2.24. The van der Waals surface area contributed by atoms with Gasteiger partial charge in [0.15, 0.2) is 0 Å². The summed E-state index contributed by atoms with van der Waals surface area (Å²) in [6.45, 7) is 6.08. The molecule has 0 spiro atoms. The molecule has 0 radical (unpaired) electrons. The standard InChI is InChI=1S/C14H15N3O3/c1-3-9-15-12-10-7-5-6-8-11(10)16(4-2)14(18)13(12)17(19)20/h3,5-8,15H,1,4,9H2,2H3. The van der Waals surface area contributed by atoms with Gasteiger partial charge in [0.1, 0.15) is 5.69 Å². The monoisotopic (exact) mass is 273 g/mol. The molecule has 2 aromatic rings. The van der Waals surface area contributed by atoms with Crippen LogP contribution in [0.25, 0.3) is 10.9 Å². The Morgan fingerprint density at radius 1 is 1.45 bits per heavy atom. The summed E-state index contributed by atoms with van der Waals surface area (Å²) in [6, 6.07) is 7.13. The van der Waals surface area contributed by atoms with Crippen molar-refractivity contribution >= 4 is 22.3 Å². The Morgan fingerprint density at radius 2 is 2.15 bits per heavy atom. The number of anilines is 1. The number of nitro groups is 1. The molecule has 0 atom stereocenters. The largest absolute Gasteiger partial charge is 0.375 e. The lowest BCUT2D eigenvalue weighted by molar-refractivity contribution is -0.385. The molecule has 20 heavy (non-hydrogen) atoms. The minimum absolute atomic E-state index is 0.250. The topological polar surface area (TPSA) is 77.2 Å². The Labute approximate surface area is 115 Å². The third-order valence-corrected chi connectivity index (χ3v) is 3.07. The van der Waals surface area contributed by atoms with Gasteiger partial charge in [-0.1, -0.05) is 24.3 Å². The number of rotatable bonds is 5. The Balaban J connectivity index is 2.92. The van der Waals surface area contributed by atoms with E-state index in [1.165, 1.54) is 4.57 Å². The van der Waals surface area contributed by atoms with Crippen LogP contribution in [0.2, 0.25) is 0 Å². The van der Waals surface area contributed by atoms with E-state index in [2.05, 4.69) is 11.9 Å². The van der Waals surface area contributed by atoms with E-state index in [0.717, 1.165) is 0 Å². The maximum Gasteiger partial charge on any atom is 0.357 e. The number of benzene rings is 1. The molecule has 1 aromatic heterocycles. The molecule has 6 heteroatoms. The van der Waals surface area contributed by atoms with Crippen molar-refractivity contribution in [2.45, 2.75) is 13.5 Å². The van der Waals surface area contributed by atoms with Crippen molar-refractivity contribution in [2.75, 3.05) is 11.9 Å². The zero-order valence-electron chi connectivity index (χ0n) is 11.1. The fourth-order valence-corrected chi connectivity index (χ4v) is 2.23. The summed E-state index contributed by atoms with van der Waals surface area (Å²) in [6.07, 6.45) is 1.59. The number of hydrogen-bond donors (Lipinski definition) is 1. The predicted octanol–water partition coefficient (Wildman–Crippen LogP) is 2.53. The Bertz CT molecular complexity index is 734. The second-order valence-electron chi connectivity index (χ2n) is 4.22. The van der Waals surface area contributed by atoms with Crippen LogP contribution >= 0.6 is 0 Å². The van der Waals surface area contributed by atoms with Crippen LogP contribution in [0.3, 0.4) is 0 Å². The number of hydrogen-bond acceptors (Lipinski definition) is 4. The van der Waals surface area contributed by atoms with Crippen LogP contribution in [-0.2, 0) is 6.54 Å². The average Bonchev–Trinajstić information content (AvgIpc) is 2.44. The lowest BCUT2D eigenvalue weighted by Gasteiger charge is -2.13. The first kappa shape index (κ1) is 13.8. The first-order chi connectivity index (χ1) is 9.61. The highest BCUT2D eigenvalue weighted by Gasteiger charge is 2.24. The Morgan fingerprint density at radius 3 is 2.75 bits per heavy atom. The van der Waals surface area contributed by atoms with Crippen LogP contribution in [0.4, 0.5) is 11.4 Å². The second kappa shape index (κ2) is 5.56. The summed E-state index contributed by atoms with van der Waals surface area (Å²) in [5.74, 6) is 0. The van der Waals surface area contributed by atoms with E-state index >= 15 is 0 Å². The van der Waals surface area contributed by atoms with Gasteiger partial charge in [-0.3, -0.25) is 14.9 Å². The number of para-hydroxylation sites is 1. The first-order valence-electron chi connectivity index (χ1n) is 6.26. The minimum Gasteiger partial charge on any atom is -0.375 e. The van der Waals surface area contributed by atoms with Crippen molar-refractivity contribution in [3.05, 3.63) is 57.4 Å². The Hall–Kier alpha value is -2.63. The van der Waals surface area contributed by atoms with Gasteiger partial charge < -0.3 is 9.88 Å². The summed E-state index contributed by atoms with van der Waals surface area (Å²) in [5.41, 5.74) is -0.0903. The molecule has 0 unspecified atom stereocenters. The first-order valence-corrected chi connectivity index (χ1v) is 6.26. The average molecular weight is 273 g/mol. The molecule has 0 aliphatic rings. The molecule has 0 bridgehead atoms. The van der Waals surface area contributed by atoms with Crippen LogP contribution in [0.5, 0.6) is 0 Å². The van der Waals surface area contributed by atoms with Crippen molar-refractivity contribution in [1.29, 1.82) is 0 Å². The molecule has 1 heterocycles. The zero-order chi connectivity index (χ0) is 14.7. The van der Waals surface area contributed by atoms with Gasteiger partial charge >= 0.3 is 11.2 Å². The molecule has 0 amide bonds. The van der Waals surface area contributed by atoms with Gasteiger partial charge in [0.25, 0.3) is 0 Å². The molecule has 2 rings (SSSR count). The SMILES string of the molecule is C=CCNc1c([N+](=O)[O-])c(=O)n(CC)c2ccccc12. The summed E-state index contributed by atoms with van der Waals surface area (Å²) >= 11 is 0. The predicted molar refractivity (Wildman–Crippen MR) is 79.2 cm³/mol. The van der Waals surface area contributed by atoms with E-state index in [-0.39, 0.29) is 5.69 Å². The van der Waals surface area contributed by atoms with Gasteiger partial charge in [-0.05, 0) is 13.0 Å². The highest BCUT2D eigenvalue weighted by molar-refractivity contribution is 5.96. The van der Waals surface area contributed by atoms with Crippen molar-refractivity contribution in [1.82, 2.24) is 4.57 Å². The number of fused-ring (bicyclic) bond motifs is 1. The van der Waals surface area contributed by atoms with Gasteiger partial charge in [0.05, 0.1) is 10.4 Å². The van der Waals surface area contributed by atoms with Gasteiger partial charge in [-0.2, -0.15) is 0 Å². The van der Waals surface area contributed by atoms with E-state index in [0.29, 0.717) is 24.0 Å². The number of aryl methyl sites for hydroxylation is 1. The molecular formula is C14H15N3O3. The summed E-state index contributed by atoms with van der Waals surface area (Å²) in [4.78, 5) is 22.9. The molecule has 0 saturated carbocycles. The molecule has 0 saturated heterocycles. The molecule has 0 aliphatic heterocycles. The molecule has 0 aliphatic carbocycles. The lowest BCUT2D eigenvalue weighted by atomic mass is 10.1. The van der Waals surface area contributed by atoms with Crippen LogP contribution in [0, 0.1) is 10.1 Å². The maximum absolute atomic E-state index is 12.3. The molecule has 104 valence electrons. The van der Waals surface area contributed by atoms with E-state index in [4.69, 9.17) is 0 Å². The normalized spacial score (nSPS) is 10.4. The maximum atomic E-state index is 12.3. The zero-order valence-corrected chi connectivity index (χ0v) is 11.1. The van der Waals surface area contributed by atoms with Crippen LogP contribution in [0.1, 0.15) is 6.92 Å². The number of pyridine rings is 1. The molecule has 1 aromatic carbocycles. The fraction of sp³-hybridized carbons (Fsp3) is 0.214. The molecule has 0 fully saturated rings. The van der Waals surface area contributed by atoms with Gasteiger partial charge in [-0.25, -0.2) is 0 Å². The highest BCUT2D eigenvalue weighted by Crippen LogP contribution is 2.29. The number of nitrogens with one attached hydrogen (secondary N) is 1. The molecule has 6 nitrogen and oxygen atoms in total. The smallest absolute Gasteiger partial charge is 0.357 e. The van der Waals surface area contributed by atoms with Gasteiger partial charge in [0, 0.05) is 18.5 Å². The second-order valence-corrected chi connectivity index (χ2v) is 4.22.